The normalized spacial score (nSPS) is 14.1. The summed E-state index contributed by atoms with van der Waals surface area (Å²) in [5.41, 5.74) is 2.19. The van der Waals surface area contributed by atoms with E-state index in [1.54, 1.807) is 53.1 Å². The Hall–Kier alpha value is -3.40. The van der Waals surface area contributed by atoms with E-state index < -0.39 is 0 Å². The van der Waals surface area contributed by atoms with Crippen molar-refractivity contribution in [3.05, 3.63) is 71.0 Å². The van der Waals surface area contributed by atoms with Gasteiger partial charge in [-0.1, -0.05) is 24.3 Å². The van der Waals surface area contributed by atoms with Crippen LogP contribution in [0.5, 0.6) is 0 Å². The van der Waals surface area contributed by atoms with Gasteiger partial charge < -0.3 is 14.7 Å². The van der Waals surface area contributed by atoms with Gasteiger partial charge in [-0.05, 0) is 48.2 Å². The predicted molar refractivity (Wildman–Crippen MR) is 115 cm³/mol. The smallest absolute Gasteiger partial charge is 0.319 e. The van der Waals surface area contributed by atoms with Crippen LogP contribution < -0.4 is 0 Å². The van der Waals surface area contributed by atoms with Crippen molar-refractivity contribution in [1.29, 1.82) is 5.26 Å². The second-order valence-electron chi connectivity index (χ2n) is 8.07. The number of nitrogens with zero attached hydrogens (tertiary/aromatic N) is 4. The zero-order valence-corrected chi connectivity index (χ0v) is 17.9. The van der Waals surface area contributed by atoms with Gasteiger partial charge in [0, 0.05) is 46.2 Å². The van der Waals surface area contributed by atoms with Crippen molar-refractivity contribution in [2.24, 2.45) is 5.92 Å². The van der Waals surface area contributed by atoms with Crippen LogP contribution in [0.25, 0.3) is 0 Å². The highest BCUT2D eigenvalue weighted by Crippen LogP contribution is 2.23. The van der Waals surface area contributed by atoms with Gasteiger partial charge in [-0.15, -0.1) is 0 Å². The first-order chi connectivity index (χ1) is 14.9. The highest BCUT2D eigenvalue weighted by Gasteiger charge is 2.31. The zero-order valence-electron chi connectivity index (χ0n) is 17.9. The second kappa shape index (κ2) is 10.1. The molecular weight excluding hydrogens is 395 g/mol. The molecule has 0 bridgehead atoms. The largest absolute Gasteiger partial charge is 0.334 e. The van der Waals surface area contributed by atoms with Gasteiger partial charge in [-0.2, -0.15) is 5.26 Å². The summed E-state index contributed by atoms with van der Waals surface area (Å²) in [4.78, 5) is 30.6. The molecule has 1 aliphatic rings. The molecule has 1 aliphatic heterocycles. The third-order valence-electron chi connectivity index (χ3n) is 5.53. The van der Waals surface area contributed by atoms with Gasteiger partial charge >= 0.3 is 6.03 Å². The average Bonchev–Trinajstić information content (AvgIpc) is 2.78. The number of amides is 3. The molecule has 0 radical (unpaired) electrons. The van der Waals surface area contributed by atoms with E-state index in [9.17, 15) is 14.0 Å². The number of likely N-dealkylation sites (tertiary alicyclic amines) is 1. The Morgan fingerprint density at radius 3 is 2.29 bits per heavy atom. The summed E-state index contributed by atoms with van der Waals surface area (Å²) in [6.07, 6.45) is 1.21. The summed E-state index contributed by atoms with van der Waals surface area (Å²) in [7, 11) is 3.44. The van der Waals surface area contributed by atoms with Crippen molar-refractivity contribution in [3.63, 3.8) is 0 Å². The Labute approximate surface area is 182 Å². The molecule has 0 aliphatic carbocycles. The number of urea groups is 1. The number of piperidine rings is 1. The third kappa shape index (κ3) is 5.82. The van der Waals surface area contributed by atoms with E-state index in [2.05, 4.69) is 6.07 Å². The summed E-state index contributed by atoms with van der Waals surface area (Å²) >= 11 is 0. The Bertz CT molecular complexity index is 960. The van der Waals surface area contributed by atoms with E-state index in [0.29, 0.717) is 44.6 Å². The Morgan fingerprint density at radius 1 is 1.06 bits per heavy atom. The predicted octanol–water partition coefficient (Wildman–Crippen LogP) is 3.62. The van der Waals surface area contributed by atoms with E-state index in [-0.39, 0.29) is 23.7 Å². The number of halogens is 1. The molecule has 1 fully saturated rings. The number of hydrogen-bond donors (Lipinski definition) is 0. The van der Waals surface area contributed by atoms with Crippen LogP contribution in [-0.4, -0.2) is 53.8 Å². The first-order valence-electron chi connectivity index (χ1n) is 10.4. The molecule has 0 atom stereocenters. The maximum absolute atomic E-state index is 13.7. The molecule has 2 aromatic rings. The lowest BCUT2D eigenvalue weighted by atomic mass is 9.94. The Morgan fingerprint density at radius 2 is 1.71 bits per heavy atom. The highest BCUT2D eigenvalue weighted by atomic mass is 19.1. The van der Waals surface area contributed by atoms with Crippen molar-refractivity contribution >= 4 is 11.9 Å². The van der Waals surface area contributed by atoms with Crippen LogP contribution in [0.3, 0.4) is 0 Å². The fraction of sp³-hybridized carbons (Fsp3) is 0.375. The Balaban J connectivity index is 1.74. The molecule has 162 valence electrons. The summed E-state index contributed by atoms with van der Waals surface area (Å²) in [5, 5.41) is 9.00. The number of benzene rings is 2. The minimum Gasteiger partial charge on any atom is -0.334 e. The summed E-state index contributed by atoms with van der Waals surface area (Å²) < 4.78 is 13.7. The lowest BCUT2D eigenvalue weighted by Crippen LogP contribution is -2.47. The number of carbonyl (C=O) groups is 2. The van der Waals surface area contributed by atoms with E-state index >= 15 is 0 Å². The minimum absolute atomic E-state index is 0.00516. The molecule has 3 rings (SSSR count). The first kappa shape index (κ1) is 22.3. The van der Waals surface area contributed by atoms with Crippen LogP contribution in [0.15, 0.2) is 48.5 Å². The maximum atomic E-state index is 13.7. The number of hydrogen-bond acceptors (Lipinski definition) is 3. The molecular formula is C24H27FN4O2. The quantitative estimate of drug-likeness (QED) is 0.739. The fourth-order valence-electron chi connectivity index (χ4n) is 3.83. The molecule has 7 heteroatoms. The third-order valence-corrected chi connectivity index (χ3v) is 5.53. The van der Waals surface area contributed by atoms with E-state index in [1.807, 2.05) is 12.1 Å². The monoisotopic (exact) mass is 422 g/mol. The van der Waals surface area contributed by atoms with Crippen molar-refractivity contribution in [3.8, 4) is 6.07 Å². The van der Waals surface area contributed by atoms with Crippen LogP contribution in [-0.2, 0) is 17.9 Å². The van der Waals surface area contributed by atoms with Crippen LogP contribution >= 0.6 is 0 Å². The maximum Gasteiger partial charge on any atom is 0.319 e. The Kier molecular flexibility index (Phi) is 7.24. The zero-order chi connectivity index (χ0) is 22.4. The molecule has 0 saturated carbocycles. The molecule has 1 saturated heterocycles. The van der Waals surface area contributed by atoms with E-state index in [1.165, 1.54) is 12.1 Å². The molecule has 1 heterocycles. The topological polar surface area (TPSA) is 67.7 Å². The molecule has 6 nitrogen and oxygen atoms in total. The fourth-order valence-corrected chi connectivity index (χ4v) is 3.83. The van der Waals surface area contributed by atoms with E-state index in [0.717, 1.165) is 11.1 Å². The van der Waals surface area contributed by atoms with Crippen molar-refractivity contribution in [1.82, 2.24) is 14.7 Å². The van der Waals surface area contributed by atoms with Crippen LogP contribution in [0.4, 0.5) is 9.18 Å². The highest BCUT2D eigenvalue weighted by molar-refractivity contribution is 5.80. The number of carbonyl (C=O) groups excluding carboxylic acids is 2. The molecule has 0 aromatic heterocycles. The molecule has 0 spiro atoms. The number of nitriles is 1. The molecule has 0 N–H and O–H groups in total. The lowest BCUT2D eigenvalue weighted by Gasteiger charge is -2.35. The van der Waals surface area contributed by atoms with Gasteiger partial charge in [-0.25, -0.2) is 9.18 Å². The molecule has 0 unspecified atom stereocenters. The van der Waals surface area contributed by atoms with Gasteiger partial charge in [0.2, 0.25) is 5.91 Å². The van der Waals surface area contributed by atoms with Crippen LogP contribution in [0, 0.1) is 23.1 Å². The standard InChI is InChI=1S/C24H27FN4O2/c1-27(2)24(31)28-12-10-21(11-13-28)23(30)29(17-20-4-3-5-22(25)14-20)16-19-8-6-18(15-26)7-9-19/h3-9,14,21H,10-13,16-17H2,1-2H3. The summed E-state index contributed by atoms with van der Waals surface area (Å²) in [6, 6.07) is 15.4. The van der Waals surface area contributed by atoms with Crippen molar-refractivity contribution < 1.29 is 14.0 Å². The minimum atomic E-state index is -0.334. The van der Waals surface area contributed by atoms with Gasteiger partial charge in [-0.3, -0.25) is 4.79 Å². The number of rotatable bonds is 5. The van der Waals surface area contributed by atoms with Crippen LogP contribution in [0.2, 0.25) is 0 Å². The summed E-state index contributed by atoms with van der Waals surface area (Å²) in [5.74, 6) is -0.512. The van der Waals surface area contributed by atoms with Gasteiger partial charge in [0.15, 0.2) is 0 Å². The van der Waals surface area contributed by atoms with Crippen LogP contribution in [0.1, 0.15) is 29.5 Å². The van der Waals surface area contributed by atoms with Crippen molar-refractivity contribution in [2.45, 2.75) is 25.9 Å². The molecule has 2 aromatic carbocycles. The van der Waals surface area contributed by atoms with Gasteiger partial charge in [0.25, 0.3) is 0 Å². The average molecular weight is 423 g/mol. The summed E-state index contributed by atoms with van der Waals surface area (Å²) in [6.45, 7) is 1.75. The van der Waals surface area contributed by atoms with Gasteiger partial charge in [0.1, 0.15) is 5.82 Å². The SMILES string of the molecule is CN(C)C(=O)N1CCC(C(=O)N(Cc2ccc(C#N)cc2)Cc2cccc(F)c2)CC1. The van der Waals surface area contributed by atoms with Crippen molar-refractivity contribution in [2.75, 3.05) is 27.2 Å². The lowest BCUT2D eigenvalue weighted by molar-refractivity contribution is -0.138. The first-order valence-corrected chi connectivity index (χ1v) is 10.4. The molecule has 3 amide bonds. The van der Waals surface area contributed by atoms with E-state index in [4.69, 9.17) is 5.26 Å². The van der Waals surface area contributed by atoms with Gasteiger partial charge in [0.05, 0.1) is 11.6 Å². The second-order valence-corrected chi connectivity index (χ2v) is 8.07. The molecule has 31 heavy (non-hydrogen) atoms.